The number of benzene rings is 1. The van der Waals surface area contributed by atoms with Crippen LogP contribution in [0.3, 0.4) is 0 Å². The van der Waals surface area contributed by atoms with Crippen LogP contribution in [0.2, 0.25) is 0 Å². The molecule has 0 radical (unpaired) electrons. The molecule has 1 saturated carbocycles. The number of carbonyl (C=O) groups is 3. The largest absolute Gasteiger partial charge is 0.326 e. The van der Waals surface area contributed by atoms with Gasteiger partial charge in [0.05, 0.1) is 12.1 Å². The first-order valence-corrected chi connectivity index (χ1v) is 8.96. The number of carbonyl (C=O) groups excluding carboxylic acids is 3. The normalized spacial score (nSPS) is 22.0. The highest BCUT2D eigenvalue weighted by molar-refractivity contribution is 6.28. The maximum absolute atomic E-state index is 12.9. The van der Waals surface area contributed by atoms with Crippen LogP contribution >= 0.6 is 11.6 Å². The number of nitrogens with zero attached hydrogens (tertiary/aromatic N) is 2. The van der Waals surface area contributed by atoms with Crippen LogP contribution in [0.15, 0.2) is 30.3 Å². The second kappa shape index (κ2) is 7.34. The molecule has 2 fully saturated rings. The van der Waals surface area contributed by atoms with Crippen LogP contribution in [0.5, 0.6) is 0 Å². The van der Waals surface area contributed by atoms with E-state index >= 15 is 0 Å². The molecule has 24 heavy (non-hydrogen) atoms. The lowest BCUT2D eigenvalue weighted by atomic mass is 9.92. The van der Waals surface area contributed by atoms with Crippen molar-refractivity contribution in [3.05, 3.63) is 30.3 Å². The minimum Gasteiger partial charge on any atom is -0.326 e. The zero-order chi connectivity index (χ0) is 17.1. The van der Waals surface area contributed by atoms with E-state index in [2.05, 4.69) is 0 Å². The first-order valence-electron chi connectivity index (χ1n) is 8.42. The number of anilines is 1. The van der Waals surface area contributed by atoms with Crippen LogP contribution in [-0.2, 0) is 14.4 Å². The summed E-state index contributed by atoms with van der Waals surface area (Å²) in [4.78, 5) is 40.5. The molecule has 0 unspecified atom stereocenters. The molecule has 1 heterocycles. The van der Waals surface area contributed by atoms with Crippen molar-refractivity contribution in [2.75, 3.05) is 10.8 Å². The Morgan fingerprint density at radius 3 is 2.42 bits per heavy atom. The molecule has 0 N–H and O–H groups in total. The average molecular weight is 349 g/mol. The predicted octanol–water partition coefficient (Wildman–Crippen LogP) is 2.72. The van der Waals surface area contributed by atoms with Gasteiger partial charge in [-0.2, -0.15) is 0 Å². The summed E-state index contributed by atoms with van der Waals surface area (Å²) in [7, 11) is 0. The number of amides is 3. The molecular formula is C18H21ClN2O3. The van der Waals surface area contributed by atoms with E-state index in [0.717, 1.165) is 32.1 Å². The van der Waals surface area contributed by atoms with Gasteiger partial charge >= 0.3 is 0 Å². The standard InChI is InChI=1S/C18H21ClN2O3/c19-12-17(23)20(13-7-3-1-4-8-13)15-11-16(22)21(18(15)24)14-9-5-2-6-10-14/h2,5-6,9-10,13,15H,1,3-4,7-8,11-12H2/t15-/m0/s1. The summed E-state index contributed by atoms with van der Waals surface area (Å²) in [6.07, 6.45) is 4.99. The van der Waals surface area contributed by atoms with Crippen molar-refractivity contribution < 1.29 is 14.4 Å². The van der Waals surface area contributed by atoms with Crippen molar-refractivity contribution in [2.24, 2.45) is 0 Å². The van der Waals surface area contributed by atoms with Crippen LogP contribution < -0.4 is 4.90 Å². The number of halogens is 1. The number of hydrogen-bond acceptors (Lipinski definition) is 3. The van der Waals surface area contributed by atoms with Gasteiger partial charge in [0, 0.05) is 6.04 Å². The molecule has 1 saturated heterocycles. The fraction of sp³-hybridized carbons (Fsp3) is 0.500. The van der Waals surface area contributed by atoms with Crippen LogP contribution in [0.4, 0.5) is 5.69 Å². The van der Waals surface area contributed by atoms with Crippen LogP contribution in [-0.4, -0.2) is 40.6 Å². The summed E-state index contributed by atoms with van der Waals surface area (Å²) in [5.41, 5.74) is 0.553. The Balaban J connectivity index is 1.87. The molecule has 3 amide bonds. The highest BCUT2D eigenvalue weighted by atomic mass is 35.5. The maximum atomic E-state index is 12.9. The van der Waals surface area contributed by atoms with Crippen LogP contribution in [0.25, 0.3) is 0 Å². The van der Waals surface area contributed by atoms with Gasteiger partial charge in [0.1, 0.15) is 11.9 Å². The fourth-order valence-corrected chi connectivity index (χ4v) is 3.88. The summed E-state index contributed by atoms with van der Waals surface area (Å²) in [5, 5.41) is 0. The highest BCUT2D eigenvalue weighted by Gasteiger charge is 2.46. The summed E-state index contributed by atoms with van der Waals surface area (Å²) >= 11 is 5.78. The molecule has 2 aliphatic rings. The topological polar surface area (TPSA) is 57.7 Å². The van der Waals surface area contributed by atoms with Crippen molar-refractivity contribution in [3.8, 4) is 0 Å². The molecule has 128 valence electrons. The minimum absolute atomic E-state index is 0.00229. The molecule has 1 aliphatic heterocycles. The van der Waals surface area contributed by atoms with E-state index in [1.54, 1.807) is 29.2 Å². The number of rotatable bonds is 4. The van der Waals surface area contributed by atoms with Crippen molar-refractivity contribution >= 4 is 35.0 Å². The van der Waals surface area contributed by atoms with Crippen molar-refractivity contribution in [2.45, 2.75) is 50.6 Å². The van der Waals surface area contributed by atoms with Gasteiger partial charge < -0.3 is 4.90 Å². The molecule has 5 nitrogen and oxygen atoms in total. The summed E-state index contributed by atoms with van der Waals surface area (Å²) in [6, 6.07) is 8.13. The third kappa shape index (κ3) is 3.18. The Bertz CT molecular complexity index is 628. The molecule has 1 aromatic carbocycles. The minimum atomic E-state index is -0.730. The second-order valence-electron chi connectivity index (χ2n) is 6.35. The smallest absolute Gasteiger partial charge is 0.257 e. The molecule has 1 atom stereocenters. The number of imide groups is 1. The Hall–Kier alpha value is -1.88. The first kappa shape index (κ1) is 17.0. The molecule has 3 rings (SSSR count). The molecule has 0 aromatic heterocycles. The van der Waals surface area contributed by atoms with Gasteiger partial charge in [-0.05, 0) is 25.0 Å². The average Bonchev–Trinajstić information content (AvgIpc) is 2.91. The van der Waals surface area contributed by atoms with Gasteiger partial charge in [-0.15, -0.1) is 11.6 Å². The SMILES string of the molecule is O=C1C[C@H](N(C(=O)CCl)C2CCCCC2)C(=O)N1c1ccccc1. The fourth-order valence-electron chi connectivity index (χ4n) is 3.74. The van der Waals surface area contributed by atoms with Crippen molar-refractivity contribution in [1.29, 1.82) is 0 Å². The Kier molecular flexibility index (Phi) is 5.19. The summed E-state index contributed by atoms with van der Waals surface area (Å²) in [6.45, 7) is 0. The van der Waals surface area contributed by atoms with E-state index in [4.69, 9.17) is 11.6 Å². The van der Waals surface area contributed by atoms with Crippen molar-refractivity contribution in [3.63, 3.8) is 0 Å². The third-order valence-corrected chi connectivity index (χ3v) is 5.07. The first-order chi connectivity index (χ1) is 11.6. The third-order valence-electron chi connectivity index (χ3n) is 4.84. The summed E-state index contributed by atoms with van der Waals surface area (Å²) < 4.78 is 0. The van der Waals surface area contributed by atoms with Gasteiger partial charge in [0.15, 0.2) is 0 Å². The zero-order valence-electron chi connectivity index (χ0n) is 13.5. The molecule has 0 bridgehead atoms. The number of hydrogen-bond donors (Lipinski definition) is 0. The van der Waals surface area contributed by atoms with E-state index in [9.17, 15) is 14.4 Å². The lowest BCUT2D eigenvalue weighted by molar-refractivity contribution is -0.139. The van der Waals surface area contributed by atoms with E-state index in [1.165, 1.54) is 4.90 Å². The Morgan fingerprint density at radius 2 is 1.79 bits per heavy atom. The Morgan fingerprint density at radius 1 is 1.12 bits per heavy atom. The highest BCUT2D eigenvalue weighted by Crippen LogP contribution is 2.31. The monoisotopic (exact) mass is 348 g/mol. The van der Waals surface area contributed by atoms with Gasteiger partial charge in [-0.25, -0.2) is 4.90 Å². The second-order valence-corrected chi connectivity index (χ2v) is 6.62. The van der Waals surface area contributed by atoms with Crippen molar-refractivity contribution in [1.82, 2.24) is 4.90 Å². The number of para-hydroxylation sites is 1. The molecular weight excluding hydrogens is 328 g/mol. The van der Waals surface area contributed by atoms with E-state index in [0.29, 0.717) is 5.69 Å². The predicted molar refractivity (Wildman–Crippen MR) is 91.8 cm³/mol. The zero-order valence-corrected chi connectivity index (χ0v) is 14.2. The lowest BCUT2D eigenvalue weighted by Gasteiger charge is -2.37. The van der Waals surface area contributed by atoms with E-state index < -0.39 is 6.04 Å². The summed E-state index contributed by atoms with van der Waals surface area (Å²) in [5.74, 6) is -1.01. The van der Waals surface area contributed by atoms with Gasteiger partial charge in [-0.1, -0.05) is 37.5 Å². The molecule has 1 aliphatic carbocycles. The molecule has 1 aromatic rings. The van der Waals surface area contributed by atoms with E-state index in [1.807, 2.05) is 6.07 Å². The van der Waals surface area contributed by atoms with Gasteiger partial charge in [-0.3, -0.25) is 14.4 Å². The number of alkyl halides is 1. The molecule has 6 heteroatoms. The molecule has 0 spiro atoms. The maximum Gasteiger partial charge on any atom is 0.257 e. The van der Waals surface area contributed by atoms with Gasteiger partial charge in [0.25, 0.3) is 5.91 Å². The Labute approximate surface area is 146 Å². The van der Waals surface area contributed by atoms with Crippen LogP contribution in [0.1, 0.15) is 38.5 Å². The lowest BCUT2D eigenvalue weighted by Crippen LogP contribution is -2.51. The van der Waals surface area contributed by atoms with E-state index in [-0.39, 0.29) is 36.1 Å². The quantitative estimate of drug-likeness (QED) is 0.621. The van der Waals surface area contributed by atoms with Crippen LogP contribution in [0, 0.1) is 0 Å². The van der Waals surface area contributed by atoms with Gasteiger partial charge in [0.2, 0.25) is 11.8 Å².